The lowest BCUT2D eigenvalue weighted by Gasteiger charge is -2.24. The number of amides is 2. The number of hydrogen-bond acceptors (Lipinski definition) is 4. The standard InChI is InChI=1S/C18H27FN2O3/c1-13(16(22)20-17(23)24-18(2,3)4)21(5)12-6-7-14-8-10-15(19)11-9-14/h8-11,13H,6-7,12H2,1-5H3,(H,20,22,23)/t13-/m1/s1. The van der Waals surface area contributed by atoms with Gasteiger partial charge < -0.3 is 4.74 Å². The van der Waals surface area contributed by atoms with Crippen LogP contribution in [0.25, 0.3) is 0 Å². The van der Waals surface area contributed by atoms with Crippen LogP contribution in [0.1, 0.15) is 39.7 Å². The summed E-state index contributed by atoms with van der Waals surface area (Å²) in [6.07, 6.45) is 0.885. The number of benzene rings is 1. The molecule has 0 fully saturated rings. The molecule has 1 N–H and O–H groups in total. The van der Waals surface area contributed by atoms with Gasteiger partial charge in [0.2, 0.25) is 5.91 Å². The molecule has 6 heteroatoms. The van der Waals surface area contributed by atoms with E-state index >= 15 is 0 Å². The van der Waals surface area contributed by atoms with Crippen LogP contribution in [0, 0.1) is 5.82 Å². The Morgan fingerprint density at radius 3 is 2.38 bits per heavy atom. The second-order valence-electron chi connectivity index (χ2n) is 6.88. The van der Waals surface area contributed by atoms with Gasteiger partial charge in [0.1, 0.15) is 11.4 Å². The molecule has 0 saturated carbocycles. The van der Waals surface area contributed by atoms with E-state index in [4.69, 9.17) is 4.74 Å². The first-order chi connectivity index (χ1) is 11.1. The summed E-state index contributed by atoms with van der Waals surface area (Å²) in [5.74, 6) is -0.642. The molecule has 2 amide bonds. The Labute approximate surface area is 143 Å². The van der Waals surface area contributed by atoms with Crippen molar-refractivity contribution in [3.05, 3.63) is 35.6 Å². The largest absolute Gasteiger partial charge is 0.444 e. The molecule has 0 aliphatic heterocycles. The van der Waals surface area contributed by atoms with Crippen LogP contribution in [0.4, 0.5) is 9.18 Å². The van der Waals surface area contributed by atoms with Crippen molar-refractivity contribution in [2.24, 2.45) is 0 Å². The van der Waals surface area contributed by atoms with E-state index in [1.165, 1.54) is 12.1 Å². The number of imide groups is 1. The Hall–Kier alpha value is -1.95. The lowest BCUT2D eigenvalue weighted by atomic mass is 10.1. The summed E-state index contributed by atoms with van der Waals surface area (Å²) >= 11 is 0. The number of likely N-dealkylation sites (N-methyl/N-ethyl adjacent to an activating group) is 1. The minimum atomic E-state index is -0.737. The summed E-state index contributed by atoms with van der Waals surface area (Å²) in [5, 5.41) is 2.25. The summed E-state index contributed by atoms with van der Waals surface area (Å²) in [7, 11) is 1.82. The predicted molar refractivity (Wildman–Crippen MR) is 91.2 cm³/mol. The molecule has 1 aromatic carbocycles. The first-order valence-corrected chi connectivity index (χ1v) is 8.07. The molecule has 0 radical (unpaired) electrons. The monoisotopic (exact) mass is 338 g/mol. The zero-order valence-corrected chi connectivity index (χ0v) is 15.1. The normalized spacial score (nSPS) is 12.8. The fourth-order valence-electron chi connectivity index (χ4n) is 2.09. The van der Waals surface area contributed by atoms with E-state index in [9.17, 15) is 14.0 Å². The molecule has 0 heterocycles. The lowest BCUT2D eigenvalue weighted by molar-refractivity contribution is -0.125. The minimum Gasteiger partial charge on any atom is -0.444 e. The van der Waals surface area contributed by atoms with Crippen LogP contribution in [0.5, 0.6) is 0 Å². The fraction of sp³-hybridized carbons (Fsp3) is 0.556. The number of carbonyl (C=O) groups excluding carboxylic acids is 2. The molecule has 0 bridgehead atoms. The molecule has 0 saturated heterocycles. The summed E-state index contributed by atoms with van der Waals surface area (Å²) in [4.78, 5) is 25.5. The lowest BCUT2D eigenvalue weighted by Crippen LogP contribution is -2.47. The molecule has 1 rings (SSSR count). The molecule has 1 atom stereocenters. The minimum absolute atomic E-state index is 0.247. The molecular weight excluding hydrogens is 311 g/mol. The molecule has 5 nitrogen and oxygen atoms in total. The van der Waals surface area contributed by atoms with Crippen molar-refractivity contribution in [1.82, 2.24) is 10.2 Å². The van der Waals surface area contributed by atoms with Gasteiger partial charge in [-0.2, -0.15) is 0 Å². The highest BCUT2D eigenvalue weighted by Gasteiger charge is 2.23. The molecule has 0 aliphatic rings. The maximum Gasteiger partial charge on any atom is 0.414 e. The van der Waals surface area contributed by atoms with Gasteiger partial charge in [-0.3, -0.25) is 15.0 Å². The van der Waals surface area contributed by atoms with Gasteiger partial charge in [-0.1, -0.05) is 12.1 Å². The number of alkyl carbamates (subject to hydrolysis) is 1. The van der Waals surface area contributed by atoms with Crippen LogP contribution < -0.4 is 5.32 Å². The van der Waals surface area contributed by atoms with Gasteiger partial charge in [0.15, 0.2) is 0 Å². The first kappa shape index (κ1) is 20.1. The first-order valence-electron chi connectivity index (χ1n) is 8.07. The highest BCUT2D eigenvalue weighted by Crippen LogP contribution is 2.08. The molecule has 24 heavy (non-hydrogen) atoms. The van der Waals surface area contributed by atoms with Crippen LogP contribution in [0.15, 0.2) is 24.3 Å². The maximum atomic E-state index is 12.8. The van der Waals surface area contributed by atoms with Gasteiger partial charge in [-0.15, -0.1) is 0 Å². The average molecular weight is 338 g/mol. The third-order valence-electron chi connectivity index (χ3n) is 3.55. The Kier molecular flexibility index (Phi) is 7.35. The highest BCUT2D eigenvalue weighted by atomic mass is 19.1. The van der Waals surface area contributed by atoms with Crippen LogP contribution in [0.2, 0.25) is 0 Å². The molecule has 0 spiro atoms. The summed E-state index contributed by atoms with van der Waals surface area (Å²) < 4.78 is 17.9. The Balaban J connectivity index is 2.37. The van der Waals surface area contributed by atoms with E-state index in [2.05, 4.69) is 5.32 Å². The van der Waals surface area contributed by atoms with E-state index in [0.717, 1.165) is 18.4 Å². The zero-order chi connectivity index (χ0) is 18.3. The number of carbonyl (C=O) groups is 2. The summed E-state index contributed by atoms with van der Waals surface area (Å²) in [6.45, 7) is 7.63. The second-order valence-corrected chi connectivity index (χ2v) is 6.88. The quantitative estimate of drug-likeness (QED) is 0.866. The van der Waals surface area contributed by atoms with Gasteiger partial charge in [0.05, 0.1) is 6.04 Å². The second kappa shape index (κ2) is 8.78. The van der Waals surface area contributed by atoms with Gasteiger partial charge in [0.25, 0.3) is 0 Å². The van der Waals surface area contributed by atoms with Gasteiger partial charge in [-0.25, -0.2) is 9.18 Å². The van der Waals surface area contributed by atoms with Crippen LogP contribution >= 0.6 is 0 Å². The number of halogens is 1. The summed E-state index contributed by atoms with van der Waals surface area (Å²) in [5.41, 5.74) is 0.407. The molecule has 134 valence electrons. The molecule has 0 aliphatic carbocycles. The third kappa shape index (κ3) is 7.55. The van der Waals surface area contributed by atoms with Crippen LogP contribution in [-0.4, -0.2) is 42.1 Å². The maximum absolute atomic E-state index is 12.8. The van der Waals surface area contributed by atoms with Crippen molar-refractivity contribution in [2.45, 2.75) is 52.2 Å². The highest BCUT2D eigenvalue weighted by molar-refractivity contribution is 5.94. The van der Waals surface area contributed by atoms with Crippen molar-refractivity contribution in [1.29, 1.82) is 0 Å². The smallest absolute Gasteiger partial charge is 0.414 e. The number of nitrogens with zero attached hydrogens (tertiary/aromatic N) is 1. The number of hydrogen-bond donors (Lipinski definition) is 1. The Bertz CT molecular complexity index is 552. The van der Waals surface area contributed by atoms with E-state index in [1.54, 1.807) is 39.8 Å². The average Bonchev–Trinajstić information content (AvgIpc) is 2.46. The Morgan fingerprint density at radius 1 is 1.25 bits per heavy atom. The van der Waals surface area contributed by atoms with E-state index < -0.39 is 23.6 Å². The van der Waals surface area contributed by atoms with Crippen molar-refractivity contribution < 1.29 is 18.7 Å². The zero-order valence-electron chi connectivity index (χ0n) is 15.1. The topological polar surface area (TPSA) is 58.6 Å². The van der Waals surface area contributed by atoms with Crippen molar-refractivity contribution in [3.8, 4) is 0 Å². The van der Waals surface area contributed by atoms with Gasteiger partial charge in [-0.05, 0) is 71.8 Å². The van der Waals surface area contributed by atoms with Crippen LogP contribution in [-0.2, 0) is 16.0 Å². The summed E-state index contributed by atoms with van der Waals surface area (Å²) in [6, 6.07) is 5.94. The van der Waals surface area contributed by atoms with Crippen LogP contribution in [0.3, 0.4) is 0 Å². The fourth-order valence-corrected chi connectivity index (χ4v) is 2.09. The van der Waals surface area contributed by atoms with Gasteiger partial charge >= 0.3 is 6.09 Å². The SMILES string of the molecule is C[C@H](C(=O)NC(=O)OC(C)(C)C)N(C)CCCc1ccc(F)cc1. The van der Waals surface area contributed by atoms with Crippen molar-refractivity contribution in [2.75, 3.05) is 13.6 Å². The molecule has 0 aromatic heterocycles. The third-order valence-corrected chi connectivity index (χ3v) is 3.55. The van der Waals surface area contributed by atoms with Crippen molar-refractivity contribution in [3.63, 3.8) is 0 Å². The Morgan fingerprint density at radius 2 is 1.83 bits per heavy atom. The van der Waals surface area contributed by atoms with E-state index in [1.807, 2.05) is 11.9 Å². The number of rotatable bonds is 6. The molecule has 0 unspecified atom stereocenters. The number of nitrogens with one attached hydrogen (secondary N) is 1. The number of aryl methyl sites for hydroxylation is 1. The number of ether oxygens (including phenoxy) is 1. The van der Waals surface area contributed by atoms with Crippen molar-refractivity contribution >= 4 is 12.0 Å². The molecule has 1 aromatic rings. The predicted octanol–water partition coefficient (Wildman–Crippen LogP) is 3.13. The van der Waals surface area contributed by atoms with E-state index in [-0.39, 0.29) is 5.82 Å². The van der Waals surface area contributed by atoms with E-state index in [0.29, 0.717) is 6.54 Å². The molecular formula is C18H27FN2O3. The van der Waals surface area contributed by atoms with Gasteiger partial charge in [0, 0.05) is 0 Å².